The van der Waals surface area contributed by atoms with Crippen LogP contribution >= 0.6 is 0 Å². The molecule has 0 radical (unpaired) electrons. The quantitative estimate of drug-likeness (QED) is 0.846. The fourth-order valence-electron chi connectivity index (χ4n) is 2.67. The summed E-state index contributed by atoms with van der Waals surface area (Å²) < 4.78 is 0. The number of nitrogens with zero attached hydrogens (tertiary/aromatic N) is 1. The van der Waals surface area contributed by atoms with Crippen LogP contribution in [0.5, 0.6) is 0 Å². The summed E-state index contributed by atoms with van der Waals surface area (Å²) in [6.45, 7) is 1.31. The third kappa shape index (κ3) is 2.86. The highest BCUT2D eigenvalue weighted by Crippen LogP contribution is 2.28. The summed E-state index contributed by atoms with van der Waals surface area (Å²) in [5.74, 6) is -0.871. The summed E-state index contributed by atoms with van der Waals surface area (Å²) in [7, 11) is 0. The molecule has 2 aromatic rings. The number of nitrogens with one attached hydrogen (secondary N) is 2. The zero-order valence-corrected chi connectivity index (χ0v) is 13.2. The number of imide groups is 1. The van der Waals surface area contributed by atoms with Crippen LogP contribution < -0.4 is 10.6 Å². The summed E-state index contributed by atoms with van der Waals surface area (Å²) in [5, 5.41) is 5.34. The van der Waals surface area contributed by atoms with Crippen LogP contribution in [0, 0.1) is 0 Å². The lowest BCUT2D eigenvalue weighted by Crippen LogP contribution is -2.42. The Hall–Kier alpha value is -3.15. The first-order valence-electron chi connectivity index (χ1n) is 7.55. The predicted molar refractivity (Wildman–Crippen MR) is 89.1 cm³/mol. The molecular formula is C18H17N3O3. The van der Waals surface area contributed by atoms with Crippen LogP contribution in [0.15, 0.2) is 60.7 Å². The second-order valence-electron chi connectivity index (χ2n) is 5.73. The van der Waals surface area contributed by atoms with Crippen molar-refractivity contribution in [3.05, 3.63) is 66.2 Å². The minimum atomic E-state index is -1.16. The summed E-state index contributed by atoms with van der Waals surface area (Å²) in [4.78, 5) is 37.9. The monoisotopic (exact) mass is 323 g/mol. The van der Waals surface area contributed by atoms with Crippen molar-refractivity contribution in [2.75, 3.05) is 11.9 Å². The highest BCUT2D eigenvalue weighted by molar-refractivity contribution is 6.10. The molecule has 0 bridgehead atoms. The van der Waals surface area contributed by atoms with E-state index in [4.69, 9.17) is 0 Å². The second kappa shape index (κ2) is 6.16. The van der Waals surface area contributed by atoms with Crippen LogP contribution in [-0.4, -0.2) is 29.3 Å². The first kappa shape index (κ1) is 15.7. The van der Waals surface area contributed by atoms with Crippen LogP contribution in [0.2, 0.25) is 0 Å². The Kier molecular flexibility index (Phi) is 4.04. The number of hydrogen-bond acceptors (Lipinski definition) is 3. The zero-order valence-electron chi connectivity index (χ0n) is 13.2. The van der Waals surface area contributed by atoms with Gasteiger partial charge in [-0.2, -0.15) is 0 Å². The molecule has 122 valence electrons. The van der Waals surface area contributed by atoms with E-state index < -0.39 is 23.4 Å². The SMILES string of the molecule is C[C@]1(c2ccccc2)NC(=O)N(CC(=O)Nc2ccccc2)C1=O. The molecule has 3 rings (SSSR count). The van der Waals surface area contributed by atoms with Crippen molar-refractivity contribution in [1.29, 1.82) is 0 Å². The van der Waals surface area contributed by atoms with Crippen molar-refractivity contribution in [1.82, 2.24) is 10.2 Å². The lowest BCUT2D eigenvalue weighted by molar-refractivity contribution is -0.133. The molecule has 1 saturated heterocycles. The maximum atomic E-state index is 12.7. The molecule has 1 aliphatic heterocycles. The van der Waals surface area contributed by atoms with E-state index in [1.165, 1.54) is 0 Å². The van der Waals surface area contributed by atoms with Gasteiger partial charge in [0.1, 0.15) is 12.1 Å². The van der Waals surface area contributed by atoms with Crippen LogP contribution in [0.4, 0.5) is 10.5 Å². The van der Waals surface area contributed by atoms with Crippen LogP contribution in [0.25, 0.3) is 0 Å². The Morgan fingerprint density at radius 3 is 2.25 bits per heavy atom. The number of hydrogen-bond donors (Lipinski definition) is 2. The second-order valence-corrected chi connectivity index (χ2v) is 5.73. The molecule has 2 N–H and O–H groups in total. The molecule has 1 aliphatic rings. The number of urea groups is 1. The van der Waals surface area contributed by atoms with Crippen LogP contribution in [-0.2, 0) is 15.1 Å². The normalized spacial score (nSPS) is 20.0. The first-order valence-corrected chi connectivity index (χ1v) is 7.55. The number of amides is 4. The highest BCUT2D eigenvalue weighted by atomic mass is 16.2. The fraction of sp³-hybridized carbons (Fsp3) is 0.167. The molecule has 6 nitrogen and oxygen atoms in total. The summed E-state index contributed by atoms with van der Waals surface area (Å²) >= 11 is 0. The number of anilines is 1. The molecule has 1 heterocycles. The van der Waals surface area contributed by atoms with Crippen molar-refractivity contribution in [3.63, 3.8) is 0 Å². The summed E-state index contributed by atoms with van der Waals surface area (Å²) in [6, 6.07) is 17.3. The fourth-order valence-corrected chi connectivity index (χ4v) is 2.67. The maximum absolute atomic E-state index is 12.7. The first-order chi connectivity index (χ1) is 11.5. The summed E-state index contributed by atoms with van der Waals surface area (Å²) in [5.41, 5.74) is 0.125. The molecule has 1 fully saturated rings. The van der Waals surface area contributed by atoms with Gasteiger partial charge in [-0.1, -0.05) is 48.5 Å². The molecule has 24 heavy (non-hydrogen) atoms. The lowest BCUT2D eigenvalue weighted by atomic mass is 9.92. The van der Waals surface area contributed by atoms with Gasteiger partial charge in [-0.05, 0) is 24.6 Å². The highest BCUT2D eigenvalue weighted by Gasteiger charge is 2.49. The van der Waals surface area contributed by atoms with Crippen molar-refractivity contribution in [2.24, 2.45) is 0 Å². The van der Waals surface area contributed by atoms with Crippen molar-refractivity contribution in [3.8, 4) is 0 Å². The Morgan fingerprint density at radius 2 is 1.62 bits per heavy atom. The van der Waals surface area contributed by atoms with E-state index in [9.17, 15) is 14.4 Å². The Bertz CT molecular complexity index is 777. The van der Waals surface area contributed by atoms with Gasteiger partial charge in [-0.25, -0.2) is 4.79 Å². The topological polar surface area (TPSA) is 78.5 Å². The predicted octanol–water partition coefficient (Wildman–Crippen LogP) is 2.09. The van der Waals surface area contributed by atoms with E-state index in [0.29, 0.717) is 11.3 Å². The standard InChI is InChI=1S/C18H17N3O3/c1-18(13-8-4-2-5-9-13)16(23)21(17(24)20-18)12-15(22)19-14-10-6-3-7-11-14/h2-11H,12H2,1H3,(H,19,22)(H,20,24)/t18-/m1/s1. The Labute approximate surface area is 139 Å². The van der Waals surface area contributed by atoms with E-state index in [2.05, 4.69) is 10.6 Å². The number of benzene rings is 2. The maximum Gasteiger partial charge on any atom is 0.325 e. The van der Waals surface area contributed by atoms with Gasteiger partial charge in [-0.3, -0.25) is 14.5 Å². The van der Waals surface area contributed by atoms with Crippen molar-refractivity contribution in [2.45, 2.75) is 12.5 Å². The van der Waals surface area contributed by atoms with Crippen LogP contribution in [0.3, 0.4) is 0 Å². The van der Waals surface area contributed by atoms with Gasteiger partial charge in [-0.15, -0.1) is 0 Å². The van der Waals surface area contributed by atoms with Gasteiger partial charge in [0.2, 0.25) is 5.91 Å². The van der Waals surface area contributed by atoms with E-state index in [1.807, 2.05) is 12.1 Å². The average molecular weight is 323 g/mol. The number of carbonyl (C=O) groups is 3. The molecule has 0 saturated carbocycles. The smallest absolute Gasteiger partial charge is 0.325 e. The largest absolute Gasteiger partial charge is 0.325 e. The van der Waals surface area contributed by atoms with Gasteiger partial charge in [0, 0.05) is 5.69 Å². The van der Waals surface area contributed by atoms with E-state index >= 15 is 0 Å². The van der Waals surface area contributed by atoms with Crippen LogP contribution in [0.1, 0.15) is 12.5 Å². The Balaban J connectivity index is 1.74. The minimum Gasteiger partial charge on any atom is -0.325 e. The Morgan fingerprint density at radius 1 is 1.04 bits per heavy atom. The van der Waals surface area contributed by atoms with Crippen molar-refractivity contribution >= 4 is 23.5 Å². The molecule has 0 aliphatic carbocycles. The van der Waals surface area contributed by atoms with E-state index in [0.717, 1.165) is 4.90 Å². The van der Waals surface area contributed by atoms with Gasteiger partial charge < -0.3 is 10.6 Å². The third-order valence-corrected chi connectivity index (χ3v) is 3.99. The molecule has 2 aromatic carbocycles. The number of rotatable bonds is 4. The number of carbonyl (C=O) groups excluding carboxylic acids is 3. The van der Waals surface area contributed by atoms with Gasteiger partial charge in [0.05, 0.1) is 0 Å². The summed E-state index contributed by atoms with van der Waals surface area (Å²) in [6.07, 6.45) is 0. The van der Waals surface area contributed by atoms with Gasteiger partial charge >= 0.3 is 6.03 Å². The average Bonchev–Trinajstić information content (AvgIpc) is 2.81. The lowest BCUT2D eigenvalue weighted by Gasteiger charge is -2.22. The molecule has 4 amide bonds. The van der Waals surface area contributed by atoms with E-state index in [1.54, 1.807) is 55.5 Å². The molecule has 0 unspecified atom stereocenters. The van der Waals surface area contributed by atoms with Gasteiger partial charge in [0.15, 0.2) is 0 Å². The number of para-hydroxylation sites is 1. The van der Waals surface area contributed by atoms with Gasteiger partial charge in [0.25, 0.3) is 5.91 Å². The molecular weight excluding hydrogens is 306 g/mol. The minimum absolute atomic E-state index is 0.331. The molecule has 0 aromatic heterocycles. The third-order valence-electron chi connectivity index (χ3n) is 3.99. The van der Waals surface area contributed by atoms with E-state index in [-0.39, 0.29) is 6.54 Å². The van der Waals surface area contributed by atoms with Crippen molar-refractivity contribution < 1.29 is 14.4 Å². The zero-order chi connectivity index (χ0) is 17.2. The molecule has 1 atom stereocenters. The molecule has 0 spiro atoms. The molecule has 6 heteroatoms.